The summed E-state index contributed by atoms with van der Waals surface area (Å²) >= 11 is 0. The van der Waals surface area contributed by atoms with Crippen LogP contribution in [0.5, 0.6) is 0 Å². The summed E-state index contributed by atoms with van der Waals surface area (Å²) in [6.45, 7) is 40.7. The van der Waals surface area contributed by atoms with E-state index in [4.69, 9.17) is 4.42 Å². The minimum Gasteiger partial charge on any atom is -0.465 e. The molecular weight excluding hydrogens is 836 g/mol. The van der Waals surface area contributed by atoms with Gasteiger partial charge in [-0.05, 0) is 168 Å². The zero-order valence-corrected chi connectivity index (χ0v) is 46.2. The molecule has 1 radical (unpaired) electrons. The molecule has 3 aromatic rings. The van der Waals surface area contributed by atoms with Crippen molar-refractivity contribution in [2.75, 3.05) is 0 Å². The Morgan fingerprint density at radius 2 is 1.52 bits per heavy atom. The van der Waals surface area contributed by atoms with Crippen LogP contribution in [0.25, 0.3) is 16.5 Å². The summed E-state index contributed by atoms with van der Waals surface area (Å²) in [5.74, 6) is 0.422. The molecule has 0 aliphatic heterocycles. The summed E-state index contributed by atoms with van der Waals surface area (Å²) in [6, 6.07) is 14.3. The van der Waals surface area contributed by atoms with Gasteiger partial charge in [-0.15, -0.1) is 0 Å². The monoisotopic (exact) mass is 924 g/mol. The van der Waals surface area contributed by atoms with Crippen molar-refractivity contribution in [3.8, 4) is 0 Å². The van der Waals surface area contributed by atoms with E-state index >= 15 is 0 Å². The maximum absolute atomic E-state index is 6.63. The van der Waals surface area contributed by atoms with Crippen LogP contribution in [0.4, 0.5) is 0 Å². The Morgan fingerprint density at radius 1 is 0.841 bits per heavy atom. The fourth-order valence-electron chi connectivity index (χ4n) is 12.1. The van der Waals surface area contributed by atoms with Crippen molar-refractivity contribution in [2.24, 2.45) is 22.2 Å². The molecule has 5 aliphatic rings. The number of nitrogens with one attached hydrogen (secondary N) is 1. The van der Waals surface area contributed by atoms with Crippen LogP contribution < -0.4 is 10.8 Å². The van der Waals surface area contributed by atoms with Gasteiger partial charge >= 0.3 is 0 Å². The molecule has 2 aromatic carbocycles. The first kappa shape index (κ1) is 50.9. The van der Waals surface area contributed by atoms with Crippen LogP contribution in [-0.2, 0) is 16.2 Å². The SMILES string of the molecule is CCC1CC(N(C2=CC(NC(/C=C\CC(C)(C)C)=C/CC(C)(C)C)CC(C)=C2)C2=C3C(=CCC2)C(C)(C)c2ccccc23)=C([B]c2coc3cc4c(cc23)C(C)(C)CCC4(C)C)C=C1C(C)(C)CC. The van der Waals surface area contributed by atoms with Gasteiger partial charge in [0.05, 0.1) is 12.3 Å². The largest absolute Gasteiger partial charge is 0.465 e. The highest BCUT2D eigenvalue weighted by molar-refractivity contribution is 6.65. The molecule has 0 saturated heterocycles. The van der Waals surface area contributed by atoms with E-state index in [-0.39, 0.29) is 38.5 Å². The number of nitrogens with zero attached hydrogens (tertiary/aromatic N) is 1. The van der Waals surface area contributed by atoms with E-state index < -0.39 is 0 Å². The summed E-state index contributed by atoms with van der Waals surface area (Å²) in [5, 5.41) is 5.35. The quantitative estimate of drug-likeness (QED) is 0.137. The Bertz CT molecular complexity index is 2730. The molecule has 367 valence electrons. The highest BCUT2D eigenvalue weighted by atomic mass is 16.3. The smallest absolute Gasteiger partial charge is 0.198 e. The van der Waals surface area contributed by atoms with E-state index in [2.05, 4.69) is 220 Å². The molecule has 0 spiro atoms. The summed E-state index contributed by atoms with van der Waals surface area (Å²) in [4.78, 5) is 2.79. The third-order valence-electron chi connectivity index (χ3n) is 16.8. The molecule has 0 saturated carbocycles. The number of hydrogen-bond acceptors (Lipinski definition) is 3. The minimum absolute atomic E-state index is 0.0617. The van der Waals surface area contributed by atoms with Gasteiger partial charge in [0, 0.05) is 39.2 Å². The van der Waals surface area contributed by atoms with Crippen LogP contribution in [-0.4, -0.2) is 18.2 Å². The Morgan fingerprint density at radius 3 is 2.19 bits per heavy atom. The molecule has 8 rings (SSSR count). The molecular formula is C65H88BN2O. The lowest BCUT2D eigenvalue weighted by atomic mass is 9.57. The van der Waals surface area contributed by atoms with Gasteiger partial charge in [-0.3, -0.25) is 0 Å². The third kappa shape index (κ3) is 10.4. The van der Waals surface area contributed by atoms with Gasteiger partial charge in [0.25, 0.3) is 0 Å². The molecule has 2 atom stereocenters. The van der Waals surface area contributed by atoms with Crippen molar-refractivity contribution in [3.05, 3.63) is 152 Å². The summed E-state index contributed by atoms with van der Waals surface area (Å²) in [6.07, 6.45) is 30.1. The molecule has 0 fully saturated rings. The van der Waals surface area contributed by atoms with E-state index in [0.717, 1.165) is 56.9 Å². The first-order chi connectivity index (χ1) is 32.2. The summed E-state index contributed by atoms with van der Waals surface area (Å²) in [7, 11) is 2.51. The normalized spacial score (nSPS) is 22.5. The van der Waals surface area contributed by atoms with E-state index in [0.29, 0.717) is 5.92 Å². The topological polar surface area (TPSA) is 28.4 Å². The van der Waals surface area contributed by atoms with Crippen molar-refractivity contribution < 1.29 is 4.42 Å². The standard InChI is InChI=1S/C65H88BN2O/c1-18-43-36-57(54(39-51(43)62(10,11)19-2)66-55-41-69-58-40-53-52(38-48(55)58)63(12,13)32-33-64(53,14)15)68(56-28-22-27-50-59(56)47-25-20-21-26-49(47)65(50,16)17)46-35-42(3)34-45(37-46)67-44(29-31-61(7,8)9)24-23-30-60(4,5)6/h20-21,23-27,29,35,37-41,43,45,67H,18-19,22,28,30-34,36H2,1-17H3/b24-23-,44-29+. The second kappa shape index (κ2) is 18.6. The molecule has 1 N–H and O–H groups in total. The van der Waals surface area contributed by atoms with Crippen LogP contribution in [0.3, 0.4) is 0 Å². The minimum atomic E-state index is -0.0799. The molecule has 5 aliphatic carbocycles. The van der Waals surface area contributed by atoms with Crippen LogP contribution in [0.15, 0.2) is 135 Å². The van der Waals surface area contributed by atoms with Crippen molar-refractivity contribution in [1.29, 1.82) is 0 Å². The number of allylic oxidation sites excluding steroid dienone is 12. The zero-order chi connectivity index (χ0) is 50.1. The maximum atomic E-state index is 6.63. The fourth-order valence-corrected chi connectivity index (χ4v) is 12.1. The summed E-state index contributed by atoms with van der Waals surface area (Å²) < 4.78 is 6.63. The first-order valence-corrected chi connectivity index (χ1v) is 27.0. The molecule has 0 bridgehead atoms. The maximum Gasteiger partial charge on any atom is 0.198 e. The highest BCUT2D eigenvalue weighted by Gasteiger charge is 2.44. The predicted molar refractivity (Wildman–Crippen MR) is 299 cm³/mol. The highest BCUT2D eigenvalue weighted by Crippen LogP contribution is 2.56. The van der Waals surface area contributed by atoms with E-state index in [9.17, 15) is 0 Å². The van der Waals surface area contributed by atoms with E-state index in [1.165, 1.54) is 90.9 Å². The van der Waals surface area contributed by atoms with Gasteiger partial charge in [0.15, 0.2) is 7.28 Å². The Balaban J connectivity index is 1.37. The molecule has 1 aromatic heterocycles. The average molecular weight is 924 g/mol. The van der Waals surface area contributed by atoms with Crippen LogP contribution >= 0.6 is 0 Å². The van der Waals surface area contributed by atoms with Crippen LogP contribution in [0.2, 0.25) is 0 Å². The fraction of sp³-hybridized carbons (Fsp3) is 0.538. The number of furan rings is 1. The van der Waals surface area contributed by atoms with Gasteiger partial charge in [-0.2, -0.15) is 0 Å². The van der Waals surface area contributed by atoms with Gasteiger partial charge in [0.2, 0.25) is 0 Å². The summed E-state index contributed by atoms with van der Waals surface area (Å²) in [5.41, 5.74) is 21.1. The van der Waals surface area contributed by atoms with Gasteiger partial charge in [-0.1, -0.05) is 176 Å². The van der Waals surface area contributed by atoms with Crippen LogP contribution in [0, 0.1) is 22.2 Å². The molecule has 0 amide bonds. The first-order valence-electron chi connectivity index (χ1n) is 27.0. The lowest BCUT2D eigenvalue weighted by molar-refractivity contribution is 0.332. The van der Waals surface area contributed by atoms with Gasteiger partial charge in [0.1, 0.15) is 5.58 Å². The third-order valence-corrected chi connectivity index (χ3v) is 16.8. The zero-order valence-electron chi connectivity index (χ0n) is 46.2. The average Bonchev–Trinajstić information content (AvgIpc) is 3.78. The Kier molecular flexibility index (Phi) is 13.8. The number of hydrogen-bond donors (Lipinski definition) is 1. The predicted octanol–water partition coefficient (Wildman–Crippen LogP) is 17.3. The van der Waals surface area contributed by atoms with Gasteiger partial charge in [-0.25, -0.2) is 0 Å². The molecule has 3 nitrogen and oxygen atoms in total. The number of fused-ring (bicyclic) bond motifs is 5. The van der Waals surface area contributed by atoms with Crippen molar-refractivity contribution in [2.45, 2.75) is 204 Å². The molecule has 1 heterocycles. The van der Waals surface area contributed by atoms with Crippen LogP contribution in [0.1, 0.15) is 204 Å². The molecule has 69 heavy (non-hydrogen) atoms. The number of rotatable bonds is 13. The van der Waals surface area contributed by atoms with Gasteiger partial charge < -0.3 is 14.6 Å². The lowest BCUT2D eigenvalue weighted by Gasteiger charge is -2.43. The van der Waals surface area contributed by atoms with Crippen molar-refractivity contribution in [3.63, 3.8) is 0 Å². The van der Waals surface area contributed by atoms with Crippen molar-refractivity contribution >= 4 is 29.3 Å². The van der Waals surface area contributed by atoms with E-state index in [1.807, 2.05) is 0 Å². The van der Waals surface area contributed by atoms with Crippen molar-refractivity contribution in [1.82, 2.24) is 10.2 Å². The second-order valence-electron chi connectivity index (χ2n) is 26.7. The Labute approximate surface area is 420 Å². The Hall–Kier alpha value is -4.44. The molecule has 2 unspecified atom stereocenters. The number of benzene rings is 2. The molecule has 4 heteroatoms. The second-order valence-corrected chi connectivity index (χ2v) is 26.7. The van der Waals surface area contributed by atoms with E-state index in [1.54, 1.807) is 5.57 Å². The lowest BCUT2D eigenvalue weighted by Crippen LogP contribution is -2.36.